The molecule has 0 saturated carbocycles. The Morgan fingerprint density at radius 2 is 1.36 bits per heavy atom. The number of hydrogen-bond donors (Lipinski definition) is 1. The van der Waals surface area contributed by atoms with Gasteiger partial charge in [0.15, 0.2) is 6.61 Å². The molecular weight excluding hydrogens is 348 g/mol. The fourth-order valence-corrected chi connectivity index (χ4v) is 3.80. The van der Waals surface area contributed by atoms with Gasteiger partial charge in [0.1, 0.15) is 5.71 Å². The second kappa shape index (κ2) is 7.31. The van der Waals surface area contributed by atoms with E-state index in [1.807, 2.05) is 57.2 Å². The van der Waals surface area contributed by atoms with Crippen molar-refractivity contribution in [3.63, 3.8) is 0 Å². The molecule has 3 aromatic carbocycles. The number of nitrogens with zero attached hydrogens (tertiary/aromatic N) is 1. The van der Waals surface area contributed by atoms with E-state index in [2.05, 4.69) is 34.7 Å². The van der Waals surface area contributed by atoms with Crippen molar-refractivity contribution in [2.24, 2.45) is 5.16 Å². The van der Waals surface area contributed by atoms with Crippen LogP contribution in [0.25, 0.3) is 11.1 Å². The van der Waals surface area contributed by atoms with Gasteiger partial charge in [-0.1, -0.05) is 71.4 Å². The van der Waals surface area contributed by atoms with Crippen molar-refractivity contribution in [2.45, 2.75) is 20.8 Å². The summed E-state index contributed by atoms with van der Waals surface area (Å²) in [6, 6.07) is 20.3. The summed E-state index contributed by atoms with van der Waals surface area (Å²) in [6.45, 7) is 5.88. The fourth-order valence-electron chi connectivity index (χ4n) is 3.80. The minimum Gasteiger partial charge on any atom is -0.385 e. The predicted octanol–water partition coefficient (Wildman–Crippen LogP) is 5.00. The number of oxime groups is 1. The number of amides is 1. The van der Waals surface area contributed by atoms with Gasteiger partial charge >= 0.3 is 0 Å². The number of carbonyl (C=O) groups excluding carboxylic acids is 1. The predicted molar refractivity (Wildman–Crippen MR) is 113 cm³/mol. The molecule has 1 aliphatic rings. The highest BCUT2D eigenvalue weighted by molar-refractivity contribution is 6.24. The zero-order valence-corrected chi connectivity index (χ0v) is 16.2. The van der Waals surface area contributed by atoms with Crippen molar-refractivity contribution in [1.29, 1.82) is 0 Å². The van der Waals surface area contributed by atoms with Crippen LogP contribution in [-0.2, 0) is 9.63 Å². The number of benzene rings is 3. The van der Waals surface area contributed by atoms with Gasteiger partial charge in [-0.15, -0.1) is 0 Å². The average molecular weight is 370 g/mol. The van der Waals surface area contributed by atoms with Crippen LogP contribution in [0.2, 0.25) is 0 Å². The highest BCUT2D eigenvalue weighted by Gasteiger charge is 2.24. The number of anilines is 1. The normalized spacial score (nSPS) is 11.6. The van der Waals surface area contributed by atoms with Gasteiger partial charge in [-0.3, -0.25) is 4.79 Å². The van der Waals surface area contributed by atoms with E-state index in [1.54, 1.807) is 0 Å². The van der Waals surface area contributed by atoms with Crippen LogP contribution < -0.4 is 5.32 Å². The maximum atomic E-state index is 12.4. The highest BCUT2D eigenvalue weighted by Crippen LogP contribution is 2.36. The first-order chi connectivity index (χ1) is 13.5. The van der Waals surface area contributed by atoms with Gasteiger partial charge in [0, 0.05) is 16.8 Å². The summed E-state index contributed by atoms with van der Waals surface area (Å²) in [5, 5.41) is 7.24. The lowest BCUT2D eigenvalue weighted by Gasteiger charge is -2.12. The summed E-state index contributed by atoms with van der Waals surface area (Å²) in [4.78, 5) is 17.8. The Kier molecular flexibility index (Phi) is 4.70. The lowest BCUT2D eigenvalue weighted by atomic mass is 10.1. The molecule has 0 aliphatic heterocycles. The lowest BCUT2D eigenvalue weighted by molar-refractivity contribution is -0.120. The van der Waals surface area contributed by atoms with E-state index in [0.29, 0.717) is 0 Å². The zero-order valence-electron chi connectivity index (χ0n) is 16.2. The summed E-state index contributed by atoms with van der Waals surface area (Å²) >= 11 is 0. The molecule has 0 aromatic heterocycles. The second-order valence-corrected chi connectivity index (χ2v) is 7.13. The topological polar surface area (TPSA) is 50.7 Å². The van der Waals surface area contributed by atoms with Gasteiger partial charge in [-0.25, -0.2) is 0 Å². The molecular formula is C24H22N2O2. The van der Waals surface area contributed by atoms with Gasteiger partial charge in [0.25, 0.3) is 5.91 Å². The summed E-state index contributed by atoms with van der Waals surface area (Å²) in [7, 11) is 0. The quantitative estimate of drug-likeness (QED) is 0.514. The first-order valence-corrected chi connectivity index (χ1v) is 9.31. The summed E-state index contributed by atoms with van der Waals surface area (Å²) in [5.41, 5.74) is 9.17. The first kappa shape index (κ1) is 18.0. The van der Waals surface area contributed by atoms with Crippen molar-refractivity contribution in [1.82, 2.24) is 0 Å². The summed E-state index contributed by atoms with van der Waals surface area (Å²) in [5.74, 6) is -0.223. The third kappa shape index (κ3) is 3.29. The number of nitrogens with one attached hydrogen (secondary N) is 1. The van der Waals surface area contributed by atoms with Crippen molar-refractivity contribution in [3.05, 3.63) is 88.5 Å². The van der Waals surface area contributed by atoms with Crippen LogP contribution >= 0.6 is 0 Å². The largest absolute Gasteiger partial charge is 0.385 e. The summed E-state index contributed by atoms with van der Waals surface area (Å²) < 4.78 is 0. The molecule has 0 saturated heterocycles. The number of hydrogen-bond acceptors (Lipinski definition) is 3. The Morgan fingerprint density at radius 1 is 0.857 bits per heavy atom. The van der Waals surface area contributed by atoms with Gasteiger partial charge in [-0.2, -0.15) is 0 Å². The van der Waals surface area contributed by atoms with Crippen LogP contribution in [0.4, 0.5) is 5.69 Å². The fraction of sp³-hybridized carbons (Fsp3) is 0.167. The van der Waals surface area contributed by atoms with E-state index in [1.165, 1.54) is 5.56 Å². The monoisotopic (exact) mass is 370 g/mol. The Morgan fingerprint density at radius 3 is 1.89 bits per heavy atom. The van der Waals surface area contributed by atoms with Crippen molar-refractivity contribution >= 4 is 17.3 Å². The Balaban J connectivity index is 1.51. The van der Waals surface area contributed by atoms with E-state index in [0.717, 1.165) is 44.8 Å². The standard InChI is InChI=1S/C24H22N2O2/c1-15-12-16(2)23(17(3)13-15)25-22(27)14-28-26-24-20-10-6-4-8-18(20)19-9-5-7-11-21(19)24/h4-13H,14H2,1-3H3,(H,25,27). The van der Waals surface area contributed by atoms with Gasteiger partial charge in [0.05, 0.1) is 0 Å². The molecule has 0 bridgehead atoms. The van der Waals surface area contributed by atoms with Crippen LogP contribution in [0.1, 0.15) is 27.8 Å². The average Bonchev–Trinajstić information content (AvgIpc) is 2.99. The number of aryl methyl sites for hydroxylation is 3. The molecule has 0 radical (unpaired) electrons. The third-order valence-electron chi connectivity index (χ3n) is 4.95. The number of fused-ring (bicyclic) bond motifs is 3. The van der Waals surface area contributed by atoms with Gasteiger partial charge in [0.2, 0.25) is 0 Å². The molecule has 0 atom stereocenters. The van der Waals surface area contributed by atoms with E-state index in [4.69, 9.17) is 4.84 Å². The molecule has 4 rings (SSSR count). The van der Waals surface area contributed by atoms with Crippen molar-refractivity contribution in [2.75, 3.05) is 11.9 Å². The minimum atomic E-state index is -0.223. The minimum absolute atomic E-state index is 0.138. The molecule has 140 valence electrons. The molecule has 0 heterocycles. The molecule has 4 nitrogen and oxygen atoms in total. The second-order valence-electron chi connectivity index (χ2n) is 7.13. The first-order valence-electron chi connectivity index (χ1n) is 9.31. The maximum Gasteiger partial charge on any atom is 0.265 e. The third-order valence-corrected chi connectivity index (χ3v) is 4.95. The zero-order chi connectivity index (χ0) is 19.7. The van der Waals surface area contributed by atoms with E-state index >= 15 is 0 Å². The van der Waals surface area contributed by atoms with Crippen molar-refractivity contribution in [3.8, 4) is 11.1 Å². The summed E-state index contributed by atoms with van der Waals surface area (Å²) in [6.07, 6.45) is 0. The van der Waals surface area contributed by atoms with Crippen LogP contribution in [-0.4, -0.2) is 18.2 Å². The molecule has 4 heteroatoms. The number of rotatable bonds is 4. The van der Waals surface area contributed by atoms with E-state index < -0.39 is 0 Å². The Hall–Kier alpha value is -3.40. The SMILES string of the molecule is Cc1cc(C)c(NC(=O)CON=C2c3ccccc3-c3ccccc32)c(C)c1. The van der Waals surface area contributed by atoms with Gasteiger partial charge in [-0.05, 0) is 43.0 Å². The molecule has 0 spiro atoms. The molecule has 0 fully saturated rings. The van der Waals surface area contributed by atoms with E-state index in [-0.39, 0.29) is 12.5 Å². The van der Waals surface area contributed by atoms with E-state index in [9.17, 15) is 4.79 Å². The van der Waals surface area contributed by atoms with Crippen LogP contribution in [0.3, 0.4) is 0 Å². The Labute approximate surface area is 164 Å². The lowest BCUT2D eigenvalue weighted by Crippen LogP contribution is -2.19. The molecule has 28 heavy (non-hydrogen) atoms. The maximum absolute atomic E-state index is 12.4. The van der Waals surface area contributed by atoms with Crippen molar-refractivity contribution < 1.29 is 9.63 Å². The molecule has 0 unspecified atom stereocenters. The molecule has 3 aromatic rings. The molecule has 1 N–H and O–H groups in total. The molecule has 1 amide bonds. The number of carbonyl (C=O) groups is 1. The molecule has 1 aliphatic carbocycles. The van der Waals surface area contributed by atoms with Crippen LogP contribution in [0, 0.1) is 20.8 Å². The van der Waals surface area contributed by atoms with Crippen LogP contribution in [0.5, 0.6) is 0 Å². The van der Waals surface area contributed by atoms with Gasteiger partial charge < -0.3 is 10.2 Å². The highest BCUT2D eigenvalue weighted by atomic mass is 16.6. The Bertz CT molecular complexity index is 1030. The smallest absolute Gasteiger partial charge is 0.265 e. The van der Waals surface area contributed by atoms with Crippen LogP contribution in [0.15, 0.2) is 65.8 Å².